The number of nitrogens with two attached hydrogens (primary N) is 1. The number of hydrogen-bond donors (Lipinski definition) is 1. The average molecular weight is 216 g/mol. The van der Waals surface area contributed by atoms with Crippen molar-refractivity contribution in [1.82, 2.24) is 0 Å². The van der Waals surface area contributed by atoms with Crippen molar-refractivity contribution >= 4 is 11.6 Å². The highest BCUT2D eigenvalue weighted by Crippen LogP contribution is 2.16. The molecule has 2 nitrogen and oxygen atoms in total. The minimum Gasteiger partial charge on any atom is -0.493 e. The second-order valence-corrected chi connectivity index (χ2v) is 2.88. The molecule has 0 amide bonds. The maximum Gasteiger partial charge on any atom is 0.120 e. The Kier molecular flexibility index (Phi) is 8.39. The molecule has 1 aromatic rings. The Bertz CT molecular complexity index is 240. The van der Waals surface area contributed by atoms with Gasteiger partial charge in [-0.3, -0.25) is 0 Å². The van der Waals surface area contributed by atoms with E-state index in [0.717, 1.165) is 12.2 Å². The number of hydrogen-bond acceptors (Lipinski definition) is 2. The number of rotatable bonds is 4. The molecule has 3 heteroatoms. The van der Waals surface area contributed by atoms with Crippen LogP contribution in [0.5, 0.6) is 5.75 Å². The predicted octanol–water partition coefficient (Wildman–Crippen LogP) is 3.09. The van der Waals surface area contributed by atoms with E-state index >= 15 is 0 Å². The first-order chi connectivity index (χ1) is 6.83. The summed E-state index contributed by atoms with van der Waals surface area (Å²) < 4.78 is 5.36. The minimum absolute atomic E-state index is 0.650. The van der Waals surface area contributed by atoms with E-state index in [0.29, 0.717) is 18.2 Å². The van der Waals surface area contributed by atoms with Gasteiger partial charge in [0.2, 0.25) is 0 Å². The number of ether oxygens (including phenoxy) is 1. The van der Waals surface area contributed by atoms with Gasteiger partial charge in [0.1, 0.15) is 5.75 Å². The summed E-state index contributed by atoms with van der Waals surface area (Å²) >= 11 is 5.75. The van der Waals surface area contributed by atoms with Gasteiger partial charge in [0.15, 0.2) is 0 Å². The van der Waals surface area contributed by atoms with Crippen LogP contribution < -0.4 is 10.5 Å². The van der Waals surface area contributed by atoms with Gasteiger partial charge in [0.25, 0.3) is 0 Å². The van der Waals surface area contributed by atoms with E-state index in [-0.39, 0.29) is 0 Å². The van der Waals surface area contributed by atoms with E-state index in [1.165, 1.54) is 0 Å². The van der Waals surface area contributed by atoms with Gasteiger partial charge >= 0.3 is 0 Å². The van der Waals surface area contributed by atoms with E-state index < -0.39 is 0 Å². The highest BCUT2D eigenvalue weighted by molar-refractivity contribution is 6.30. The molecule has 1 rings (SSSR count). The Hall–Kier alpha value is -0.730. The molecule has 1 aromatic carbocycles. The SMILES string of the molecule is CC.NCCCOc1cccc(Cl)c1. The van der Waals surface area contributed by atoms with Crippen LogP contribution in [0.2, 0.25) is 5.02 Å². The highest BCUT2D eigenvalue weighted by Gasteiger charge is 1.93. The van der Waals surface area contributed by atoms with Gasteiger partial charge in [-0.25, -0.2) is 0 Å². The standard InChI is InChI=1S/C9H12ClNO.C2H6/c10-8-3-1-4-9(7-8)12-6-2-5-11;1-2/h1,3-4,7H,2,5-6,11H2;1-2H3. The molecule has 0 aliphatic heterocycles. The molecule has 0 spiro atoms. The summed E-state index contributed by atoms with van der Waals surface area (Å²) in [5, 5.41) is 0.695. The third kappa shape index (κ3) is 5.84. The van der Waals surface area contributed by atoms with Gasteiger partial charge in [-0.1, -0.05) is 31.5 Å². The quantitative estimate of drug-likeness (QED) is 0.784. The van der Waals surface area contributed by atoms with Gasteiger partial charge in [-0.15, -0.1) is 0 Å². The molecule has 0 saturated carbocycles. The first kappa shape index (κ1) is 13.3. The third-order valence-corrected chi connectivity index (χ3v) is 1.65. The smallest absolute Gasteiger partial charge is 0.120 e. The molecule has 0 unspecified atom stereocenters. The molecule has 2 N–H and O–H groups in total. The molecule has 0 aliphatic carbocycles. The van der Waals surface area contributed by atoms with Gasteiger partial charge < -0.3 is 10.5 Å². The molecule has 0 aromatic heterocycles. The normalized spacial score (nSPS) is 8.86. The van der Waals surface area contributed by atoms with Crippen LogP contribution in [0.1, 0.15) is 20.3 Å². The van der Waals surface area contributed by atoms with Crippen LogP contribution in [-0.2, 0) is 0 Å². The molecule has 80 valence electrons. The van der Waals surface area contributed by atoms with Gasteiger partial charge in [0, 0.05) is 5.02 Å². The van der Waals surface area contributed by atoms with E-state index in [1.807, 2.05) is 32.0 Å². The van der Waals surface area contributed by atoms with Crippen molar-refractivity contribution in [2.24, 2.45) is 5.73 Å². The summed E-state index contributed by atoms with van der Waals surface area (Å²) in [7, 11) is 0. The third-order valence-electron chi connectivity index (χ3n) is 1.41. The van der Waals surface area contributed by atoms with Gasteiger partial charge in [0.05, 0.1) is 6.61 Å². The van der Waals surface area contributed by atoms with Crippen molar-refractivity contribution in [3.8, 4) is 5.75 Å². The van der Waals surface area contributed by atoms with E-state index in [1.54, 1.807) is 6.07 Å². The molecular weight excluding hydrogens is 198 g/mol. The Balaban J connectivity index is 0.000000791. The second-order valence-electron chi connectivity index (χ2n) is 2.45. The Morgan fingerprint density at radius 2 is 2.07 bits per heavy atom. The van der Waals surface area contributed by atoms with Crippen molar-refractivity contribution < 1.29 is 4.74 Å². The Morgan fingerprint density at radius 3 is 2.64 bits per heavy atom. The predicted molar refractivity (Wildman–Crippen MR) is 62.0 cm³/mol. The Morgan fingerprint density at radius 1 is 1.36 bits per heavy atom. The van der Waals surface area contributed by atoms with Crippen LogP contribution in [0.25, 0.3) is 0 Å². The summed E-state index contributed by atoms with van der Waals surface area (Å²) in [6.07, 6.45) is 0.868. The fourth-order valence-corrected chi connectivity index (χ4v) is 1.01. The molecule has 0 radical (unpaired) electrons. The van der Waals surface area contributed by atoms with Crippen molar-refractivity contribution in [2.45, 2.75) is 20.3 Å². The van der Waals surface area contributed by atoms with Crippen LogP contribution >= 0.6 is 11.6 Å². The lowest BCUT2D eigenvalue weighted by molar-refractivity contribution is 0.313. The first-order valence-corrected chi connectivity index (χ1v) is 5.29. The fourth-order valence-electron chi connectivity index (χ4n) is 0.830. The molecule has 14 heavy (non-hydrogen) atoms. The van der Waals surface area contributed by atoms with E-state index in [2.05, 4.69) is 0 Å². The summed E-state index contributed by atoms with van der Waals surface area (Å²) in [5.74, 6) is 0.802. The topological polar surface area (TPSA) is 35.2 Å². The maximum atomic E-state index is 5.75. The summed E-state index contributed by atoms with van der Waals surface area (Å²) in [6, 6.07) is 7.35. The summed E-state index contributed by atoms with van der Waals surface area (Å²) in [5.41, 5.74) is 5.32. The van der Waals surface area contributed by atoms with E-state index in [9.17, 15) is 0 Å². The Labute approximate surface area is 91.0 Å². The molecule has 0 aliphatic rings. The first-order valence-electron chi connectivity index (χ1n) is 4.91. The van der Waals surface area contributed by atoms with Crippen LogP contribution in [0, 0.1) is 0 Å². The number of benzene rings is 1. The zero-order chi connectivity index (χ0) is 10.8. The zero-order valence-corrected chi connectivity index (χ0v) is 9.55. The molecule has 0 fully saturated rings. The fraction of sp³-hybridized carbons (Fsp3) is 0.455. The highest BCUT2D eigenvalue weighted by atomic mass is 35.5. The largest absolute Gasteiger partial charge is 0.493 e. The lowest BCUT2D eigenvalue weighted by Gasteiger charge is -2.04. The molecule has 0 bridgehead atoms. The van der Waals surface area contributed by atoms with Crippen LogP contribution in [0.3, 0.4) is 0 Å². The van der Waals surface area contributed by atoms with Gasteiger partial charge in [-0.2, -0.15) is 0 Å². The minimum atomic E-state index is 0.650. The molecule has 0 saturated heterocycles. The van der Waals surface area contributed by atoms with Crippen LogP contribution in [0.4, 0.5) is 0 Å². The van der Waals surface area contributed by atoms with Gasteiger partial charge in [-0.05, 0) is 31.2 Å². The monoisotopic (exact) mass is 215 g/mol. The molecule has 0 atom stereocenters. The molecule has 0 heterocycles. The zero-order valence-electron chi connectivity index (χ0n) is 8.79. The number of halogens is 1. The van der Waals surface area contributed by atoms with Crippen LogP contribution in [0.15, 0.2) is 24.3 Å². The lowest BCUT2D eigenvalue weighted by Crippen LogP contribution is -2.05. The van der Waals surface area contributed by atoms with Crippen molar-refractivity contribution in [1.29, 1.82) is 0 Å². The van der Waals surface area contributed by atoms with Crippen molar-refractivity contribution in [2.75, 3.05) is 13.2 Å². The second kappa shape index (κ2) is 8.85. The maximum absolute atomic E-state index is 5.75. The van der Waals surface area contributed by atoms with Crippen LogP contribution in [-0.4, -0.2) is 13.2 Å². The average Bonchev–Trinajstić information content (AvgIpc) is 2.21. The van der Waals surface area contributed by atoms with Crippen molar-refractivity contribution in [3.05, 3.63) is 29.3 Å². The summed E-state index contributed by atoms with van der Waals surface area (Å²) in [6.45, 7) is 5.30. The molecular formula is C11H18ClNO. The lowest BCUT2D eigenvalue weighted by atomic mass is 10.3. The summed E-state index contributed by atoms with van der Waals surface area (Å²) in [4.78, 5) is 0. The van der Waals surface area contributed by atoms with Crippen molar-refractivity contribution in [3.63, 3.8) is 0 Å². The van der Waals surface area contributed by atoms with E-state index in [4.69, 9.17) is 22.1 Å².